The Morgan fingerprint density at radius 3 is 2.75 bits per heavy atom. The van der Waals surface area contributed by atoms with Crippen LogP contribution in [0.5, 0.6) is 0 Å². The zero-order valence-electron chi connectivity index (χ0n) is 20.2. The van der Waals surface area contributed by atoms with Gasteiger partial charge in [0.05, 0.1) is 41.0 Å². The van der Waals surface area contributed by atoms with E-state index in [0.29, 0.717) is 23.0 Å². The number of rotatable bonds is 9. The van der Waals surface area contributed by atoms with Crippen LogP contribution in [0.3, 0.4) is 0 Å². The first-order valence-electron chi connectivity index (χ1n) is 12.8. The minimum Gasteiger partial charge on any atom is -0.272 e. The average Bonchev–Trinajstić information content (AvgIpc) is 3.48. The molecule has 1 atom stereocenters. The van der Waals surface area contributed by atoms with Crippen molar-refractivity contribution in [2.45, 2.75) is 70.4 Å². The van der Waals surface area contributed by atoms with Gasteiger partial charge in [-0.05, 0) is 67.3 Å². The van der Waals surface area contributed by atoms with Gasteiger partial charge >= 0.3 is 0 Å². The van der Waals surface area contributed by atoms with Crippen molar-refractivity contribution in [3.05, 3.63) is 59.8 Å². The number of aromatic nitrogens is 3. The molecule has 0 spiro atoms. The largest absolute Gasteiger partial charge is 0.272 e. The van der Waals surface area contributed by atoms with Gasteiger partial charge in [0.25, 0.3) is 0 Å². The first kappa shape index (κ1) is 22.8. The Bertz CT molecular complexity index is 1370. The topological polar surface area (TPSA) is 87.2 Å². The fourth-order valence-electron chi connectivity index (χ4n) is 6.68. The summed E-state index contributed by atoms with van der Waals surface area (Å²) in [5.41, 5.74) is 2.53. The molecule has 1 aromatic carbocycles. The smallest absolute Gasteiger partial charge is 0.249 e. The standard InChI is InChI=1S/C28H29FN6O/c29-23-12-22(14-31-16-23)25-7-9-32-35(25)26(36)28-17-27(18-28,19-28)8-3-1-2-4-10-34-24-6-5-20(13-30)11-21(24)15-33-34/h5-6,9,11-12,14-16,25H,1-4,7-8,10,17-19H2. The highest BCUT2D eigenvalue weighted by atomic mass is 19.1. The Labute approximate surface area is 209 Å². The summed E-state index contributed by atoms with van der Waals surface area (Å²) >= 11 is 0. The highest BCUT2D eigenvalue weighted by molar-refractivity contribution is 5.88. The van der Waals surface area contributed by atoms with Crippen molar-refractivity contribution in [2.75, 3.05) is 0 Å². The summed E-state index contributed by atoms with van der Waals surface area (Å²) in [6, 6.07) is 9.09. The van der Waals surface area contributed by atoms with E-state index < -0.39 is 0 Å². The SMILES string of the molecule is N#Cc1ccc2c(cnn2CCCCCCC23CC(C(=O)N4N=CCC4c4cncc(F)c4)(C2)C3)c1. The van der Waals surface area contributed by atoms with E-state index in [9.17, 15) is 9.18 Å². The molecule has 1 aliphatic heterocycles. The summed E-state index contributed by atoms with van der Waals surface area (Å²) in [7, 11) is 0. The molecule has 36 heavy (non-hydrogen) atoms. The van der Waals surface area contributed by atoms with E-state index in [2.05, 4.69) is 21.3 Å². The molecule has 0 radical (unpaired) electrons. The molecule has 8 heteroatoms. The van der Waals surface area contributed by atoms with E-state index in [1.165, 1.54) is 31.5 Å². The number of hydrogen-bond donors (Lipinski definition) is 0. The second-order valence-corrected chi connectivity index (χ2v) is 10.9. The Kier molecular flexibility index (Phi) is 5.59. The maximum absolute atomic E-state index is 13.7. The van der Waals surface area contributed by atoms with Gasteiger partial charge in [-0.25, -0.2) is 9.40 Å². The van der Waals surface area contributed by atoms with Crippen LogP contribution in [-0.2, 0) is 11.3 Å². The van der Waals surface area contributed by atoms with Crippen LogP contribution in [0.15, 0.2) is 48.0 Å². The molecule has 7 rings (SSSR count). The number of nitrogens with zero attached hydrogens (tertiary/aromatic N) is 6. The molecule has 4 aliphatic rings. The van der Waals surface area contributed by atoms with Crippen LogP contribution in [0.1, 0.15) is 75.0 Å². The summed E-state index contributed by atoms with van der Waals surface area (Å²) in [5.74, 6) is -0.288. The lowest BCUT2D eigenvalue weighted by molar-refractivity contribution is -0.220. The molecule has 1 unspecified atom stereocenters. The molecule has 3 aromatic rings. The number of hydrazone groups is 1. The van der Waals surface area contributed by atoms with Gasteiger partial charge in [0, 0.05) is 30.8 Å². The number of aryl methyl sites for hydroxylation is 1. The zero-order valence-corrected chi connectivity index (χ0v) is 20.2. The highest BCUT2D eigenvalue weighted by Gasteiger charge is 2.71. The number of carbonyl (C=O) groups is 1. The van der Waals surface area contributed by atoms with E-state index in [1.54, 1.807) is 17.4 Å². The predicted molar refractivity (Wildman–Crippen MR) is 133 cm³/mol. The first-order valence-corrected chi connectivity index (χ1v) is 12.8. The van der Waals surface area contributed by atoms with Crippen molar-refractivity contribution in [3.8, 4) is 6.07 Å². The number of pyridine rings is 1. The van der Waals surface area contributed by atoms with E-state index in [1.807, 2.05) is 29.1 Å². The van der Waals surface area contributed by atoms with Gasteiger partial charge in [0.15, 0.2) is 0 Å². The Hall–Kier alpha value is -3.60. The molecule has 184 valence electrons. The van der Waals surface area contributed by atoms with E-state index >= 15 is 0 Å². The summed E-state index contributed by atoms with van der Waals surface area (Å²) in [6.45, 7) is 0.885. The zero-order chi connectivity index (χ0) is 24.8. The van der Waals surface area contributed by atoms with Gasteiger partial charge in [0.2, 0.25) is 5.91 Å². The number of benzene rings is 1. The molecule has 2 bridgehead atoms. The minimum atomic E-state index is -0.386. The highest BCUT2D eigenvalue weighted by Crippen LogP contribution is 2.76. The third kappa shape index (κ3) is 3.87. The van der Waals surface area contributed by atoms with Crippen LogP contribution in [0.2, 0.25) is 0 Å². The summed E-state index contributed by atoms with van der Waals surface area (Å²) in [6.07, 6.45) is 15.7. The number of amides is 1. The molecule has 3 fully saturated rings. The Morgan fingerprint density at radius 2 is 1.94 bits per heavy atom. The number of carbonyl (C=O) groups excluding carboxylic acids is 1. The van der Waals surface area contributed by atoms with Gasteiger partial charge in [-0.2, -0.15) is 15.5 Å². The average molecular weight is 485 g/mol. The molecule has 0 saturated heterocycles. The lowest BCUT2D eigenvalue weighted by Crippen LogP contribution is -2.67. The third-order valence-electron chi connectivity index (χ3n) is 8.34. The van der Waals surface area contributed by atoms with Crippen LogP contribution >= 0.6 is 0 Å². The van der Waals surface area contributed by atoms with Crippen molar-refractivity contribution in [2.24, 2.45) is 15.9 Å². The van der Waals surface area contributed by atoms with Crippen molar-refractivity contribution < 1.29 is 9.18 Å². The van der Waals surface area contributed by atoms with Crippen molar-refractivity contribution in [1.29, 1.82) is 5.26 Å². The van der Waals surface area contributed by atoms with Crippen molar-refractivity contribution in [1.82, 2.24) is 19.8 Å². The Morgan fingerprint density at radius 1 is 1.11 bits per heavy atom. The van der Waals surface area contributed by atoms with Crippen LogP contribution < -0.4 is 0 Å². The number of nitriles is 1. The molecule has 3 heterocycles. The van der Waals surface area contributed by atoms with E-state index in [4.69, 9.17) is 5.26 Å². The van der Waals surface area contributed by atoms with Gasteiger partial charge in [-0.15, -0.1) is 0 Å². The van der Waals surface area contributed by atoms with Gasteiger partial charge < -0.3 is 0 Å². The van der Waals surface area contributed by atoms with E-state index in [-0.39, 0.29) is 23.2 Å². The molecule has 2 aromatic heterocycles. The number of halogens is 1. The lowest BCUT2D eigenvalue weighted by Gasteiger charge is -2.70. The van der Waals surface area contributed by atoms with E-state index in [0.717, 1.165) is 49.6 Å². The number of fused-ring (bicyclic) bond motifs is 1. The van der Waals surface area contributed by atoms with Gasteiger partial charge in [-0.1, -0.05) is 19.3 Å². The monoisotopic (exact) mass is 484 g/mol. The second-order valence-electron chi connectivity index (χ2n) is 10.9. The molecular formula is C28H29FN6O. The van der Waals surface area contributed by atoms with Crippen LogP contribution in [0.25, 0.3) is 10.9 Å². The minimum absolute atomic E-state index is 0.0979. The molecule has 3 saturated carbocycles. The van der Waals surface area contributed by atoms with Gasteiger partial charge in [-0.3, -0.25) is 14.5 Å². The second kappa shape index (κ2) is 8.81. The fourth-order valence-corrected chi connectivity index (χ4v) is 6.68. The fraction of sp³-hybridized carbons (Fsp3) is 0.464. The quantitative estimate of drug-likeness (QED) is 0.374. The normalized spacial score (nSPS) is 26.0. The number of unbranched alkanes of at least 4 members (excludes halogenated alkanes) is 3. The third-order valence-corrected chi connectivity index (χ3v) is 8.34. The molecule has 1 amide bonds. The van der Waals surface area contributed by atoms with Crippen LogP contribution in [-0.4, -0.2) is 31.9 Å². The maximum atomic E-state index is 13.7. The summed E-state index contributed by atoms with van der Waals surface area (Å²) in [4.78, 5) is 17.3. The van der Waals surface area contributed by atoms with Crippen LogP contribution in [0.4, 0.5) is 4.39 Å². The van der Waals surface area contributed by atoms with Gasteiger partial charge in [0.1, 0.15) is 5.82 Å². The molecular weight excluding hydrogens is 455 g/mol. The van der Waals surface area contributed by atoms with Crippen molar-refractivity contribution >= 4 is 23.0 Å². The molecule has 3 aliphatic carbocycles. The summed E-state index contributed by atoms with van der Waals surface area (Å²) < 4.78 is 15.7. The van der Waals surface area contributed by atoms with Crippen LogP contribution in [0, 0.1) is 28.0 Å². The van der Waals surface area contributed by atoms with Crippen molar-refractivity contribution in [3.63, 3.8) is 0 Å². The summed E-state index contributed by atoms with van der Waals surface area (Å²) in [5, 5.41) is 20.5. The number of hydrogen-bond acceptors (Lipinski definition) is 5. The lowest BCUT2D eigenvalue weighted by atomic mass is 9.33. The Balaban J connectivity index is 0.939. The first-order chi connectivity index (χ1) is 17.5. The molecule has 0 N–H and O–H groups in total. The predicted octanol–water partition coefficient (Wildman–Crippen LogP) is 5.52. The molecule has 7 nitrogen and oxygen atoms in total. The maximum Gasteiger partial charge on any atom is 0.249 e.